The molecule has 2 rings (SSSR count). The molecule has 0 aliphatic carbocycles. The van der Waals surface area contributed by atoms with Crippen molar-refractivity contribution in [2.75, 3.05) is 25.9 Å². The maximum Gasteiger partial charge on any atom is 0.237 e. The molecule has 0 radical (unpaired) electrons. The minimum absolute atomic E-state index is 0.0531. The summed E-state index contributed by atoms with van der Waals surface area (Å²) in [5.74, 6) is 1.04. The van der Waals surface area contributed by atoms with Crippen LogP contribution in [0.5, 0.6) is 0 Å². The first kappa shape index (κ1) is 15.3. The van der Waals surface area contributed by atoms with E-state index in [-0.39, 0.29) is 11.9 Å². The van der Waals surface area contributed by atoms with E-state index in [1.165, 1.54) is 12.8 Å². The van der Waals surface area contributed by atoms with Crippen LogP contribution in [0.3, 0.4) is 0 Å². The van der Waals surface area contributed by atoms with Gasteiger partial charge >= 0.3 is 0 Å². The van der Waals surface area contributed by atoms with Gasteiger partial charge in [-0.1, -0.05) is 18.9 Å². The van der Waals surface area contributed by atoms with Gasteiger partial charge in [0.25, 0.3) is 0 Å². The molecule has 0 bridgehead atoms. The second-order valence-corrected chi connectivity index (χ2v) is 6.27. The molecule has 0 spiro atoms. The maximum absolute atomic E-state index is 12.2. The monoisotopic (exact) mass is 293 g/mol. The molecular weight excluding hydrogens is 270 g/mol. The van der Waals surface area contributed by atoms with Crippen LogP contribution in [0.15, 0.2) is 29.4 Å². The molecule has 1 N–H and O–H groups in total. The Labute approximate surface area is 125 Å². The van der Waals surface area contributed by atoms with E-state index in [9.17, 15) is 4.79 Å². The second kappa shape index (κ2) is 8.27. The molecule has 1 aromatic heterocycles. The lowest BCUT2D eigenvalue weighted by Crippen LogP contribution is -2.45. The Morgan fingerprint density at radius 2 is 2.35 bits per heavy atom. The van der Waals surface area contributed by atoms with Crippen molar-refractivity contribution in [2.45, 2.75) is 36.8 Å². The number of amides is 1. The van der Waals surface area contributed by atoms with E-state index in [2.05, 4.69) is 22.2 Å². The molecule has 1 atom stereocenters. The topological polar surface area (TPSA) is 45.2 Å². The molecule has 1 aromatic rings. The number of carbonyl (C=O) groups is 1. The SMILES string of the molecule is CN1CCCCCC1C(=O)NCCSc1ccccn1. The molecule has 1 amide bonds. The Kier molecular flexibility index (Phi) is 6.33. The first-order valence-electron chi connectivity index (χ1n) is 7.29. The lowest BCUT2D eigenvalue weighted by molar-refractivity contribution is -0.125. The van der Waals surface area contributed by atoms with Crippen LogP contribution in [0, 0.1) is 0 Å². The summed E-state index contributed by atoms with van der Waals surface area (Å²) in [5.41, 5.74) is 0. The van der Waals surface area contributed by atoms with Crippen molar-refractivity contribution >= 4 is 17.7 Å². The smallest absolute Gasteiger partial charge is 0.237 e. The number of rotatable bonds is 5. The van der Waals surface area contributed by atoms with Crippen LogP contribution in [0.2, 0.25) is 0 Å². The number of aromatic nitrogens is 1. The molecule has 5 heteroatoms. The van der Waals surface area contributed by atoms with Gasteiger partial charge in [-0.2, -0.15) is 0 Å². The average Bonchev–Trinajstić information content (AvgIpc) is 2.69. The third-order valence-corrected chi connectivity index (χ3v) is 4.56. The van der Waals surface area contributed by atoms with E-state index in [0.717, 1.165) is 30.2 Å². The number of nitrogens with zero attached hydrogens (tertiary/aromatic N) is 2. The van der Waals surface area contributed by atoms with Crippen molar-refractivity contribution in [2.24, 2.45) is 0 Å². The summed E-state index contributed by atoms with van der Waals surface area (Å²) >= 11 is 1.67. The largest absolute Gasteiger partial charge is 0.354 e. The predicted octanol–water partition coefficient (Wildman–Crippen LogP) is 2.16. The maximum atomic E-state index is 12.2. The third kappa shape index (κ3) is 4.80. The van der Waals surface area contributed by atoms with Crippen LogP contribution < -0.4 is 5.32 Å². The highest BCUT2D eigenvalue weighted by molar-refractivity contribution is 7.99. The minimum Gasteiger partial charge on any atom is -0.354 e. The summed E-state index contributed by atoms with van der Waals surface area (Å²) in [6.07, 6.45) is 6.38. The summed E-state index contributed by atoms with van der Waals surface area (Å²) in [5, 5.41) is 4.06. The van der Waals surface area contributed by atoms with Crippen LogP contribution in [0.4, 0.5) is 0 Å². The summed E-state index contributed by atoms with van der Waals surface area (Å²) in [6.45, 7) is 1.73. The third-order valence-electron chi connectivity index (χ3n) is 3.61. The molecule has 20 heavy (non-hydrogen) atoms. The van der Waals surface area contributed by atoms with Gasteiger partial charge in [0, 0.05) is 18.5 Å². The van der Waals surface area contributed by atoms with Gasteiger partial charge in [-0.15, -0.1) is 11.8 Å². The summed E-state index contributed by atoms with van der Waals surface area (Å²) in [4.78, 5) is 18.6. The number of carbonyl (C=O) groups excluding carboxylic acids is 1. The van der Waals surface area contributed by atoms with E-state index in [1.54, 1.807) is 18.0 Å². The molecule has 0 saturated carbocycles. The summed E-state index contributed by atoms with van der Waals surface area (Å²) in [6, 6.07) is 5.94. The normalized spacial score (nSPS) is 20.4. The molecule has 2 heterocycles. The van der Waals surface area contributed by atoms with Crippen molar-refractivity contribution in [3.05, 3.63) is 24.4 Å². The number of likely N-dealkylation sites (N-methyl/N-ethyl adjacent to an activating group) is 1. The highest BCUT2D eigenvalue weighted by Crippen LogP contribution is 2.15. The molecule has 1 saturated heterocycles. The lowest BCUT2D eigenvalue weighted by Gasteiger charge is -2.24. The van der Waals surface area contributed by atoms with E-state index in [1.807, 2.05) is 18.2 Å². The van der Waals surface area contributed by atoms with Crippen molar-refractivity contribution in [1.29, 1.82) is 0 Å². The molecule has 1 unspecified atom stereocenters. The Bertz CT molecular complexity index is 413. The Morgan fingerprint density at radius 3 is 3.15 bits per heavy atom. The van der Waals surface area contributed by atoms with E-state index in [4.69, 9.17) is 0 Å². The van der Waals surface area contributed by atoms with E-state index in [0.29, 0.717) is 6.54 Å². The lowest BCUT2D eigenvalue weighted by atomic mass is 10.1. The molecule has 1 fully saturated rings. The van der Waals surface area contributed by atoms with Crippen molar-refractivity contribution < 1.29 is 4.79 Å². The van der Waals surface area contributed by atoms with Gasteiger partial charge in [-0.3, -0.25) is 9.69 Å². The van der Waals surface area contributed by atoms with Gasteiger partial charge in [0.05, 0.1) is 11.1 Å². The standard InChI is InChI=1S/C15H23N3OS/c1-18-11-6-2-3-7-13(18)15(19)17-10-12-20-14-8-4-5-9-16-14/h4-5,8-9,13H,2-3,6-7,10-12H2,1H3,(H,17,19). The number of thioether (sulfide) groups is 1. The van der Waals surface area contributed by atoms with Crippen molar-refractivity contribution in [3.63, 3.8) is 0 Å². The van der Waals surface area contributed by atoms with Crippen LogP contribution in [0.25, 0.3) is 0 Å². The van der Waals surface area contributed by atoms with Gasteiger partial charge in [0.1, 0.15) is 0 Å². The van der Waals surface area contributed by atoms with Crippen LogP contribution >= 0.6 is 11.8 Å². The van der Waals surface area contributed by atoms with E-state index < -0.39 is 0 Å². The summed E-state index contributed by atoms with van der Waals surface area (Å²) in [7, 11) is 2.05. The van der Waals surface area contributed by atoms with Crippen LogP contribution in [-0.2, 0) is 4.79 Å². The van der Waals surface area contributed by atoms with E-state index >= 15 is 0 Å². The van der Waals surface area contributed by atoms with Gasteiger partial charge in [-0.25, -0.2) is 4.98 Å². The zero-order chi connectivity index (χ0) is 14.2. The number of likely N-dealkylation sites (tertiary alicyclic amines) is 1. The van der Waals surface area contributed by atoms with Crippen LogP contribution in [-0.4, -0.2) is 47.7 Å². The first-order valence-corrected chi connectivity index (χ1v) is 8.28. The Morgan fingerprint density at radius 1 is 1.45 bits per heavy atom. The molecule has 4 nitrogen and oxygen atoms in total. The fraction of sp³-hybridized carbons (Fsp3) is 0.600. The Balaban J connectivity index is 1.69. The number of hydrogen-bond acceptors (Lipinski definition) is 4. The number of hydrogen-bond donors (Lipinski definition) is 1. The molecule has 1 aliphatic rings. The number of pyridine rings is 1. The summed E-state index contributed by atoms with van der Waals surface area (Å²) < 4.78 is 0. The minimum atomic E-state index is 0.0531. The molecule has 110 valence electrons. The zero-order valence-corrected chi connectivity index (χ0v) is 12.9. The second-order valence-electron chi connectivity index (χ2n) is 5.15. The fourth-order valence-corrected chi connectivity index (χ4v) is 3.19. The van der Waals surface area contributed by atoms with Crippen molar-refractivity contribution in [3.8, 4) is 0 Å². The average molecular weight is 293 g/mol. The zero-order valence-electron chi connectivity index (χ0n) is 12.0. The molecular formula is C15H23N3OS. The highest BCUT2D eigenvalue weighted by atomic mass is 32.2. The van der Waals surface area contributed by atoms with Crippen molar-refractivity contribution in [1.82, 2.24) is 15.2 Å². The fourth-order valence-electron chi connectivity index (χ4n) is 2.46. The first-order chi connectivity index (χ1) is 9.77. The number of nitrogens with one attached hydrogen (secondary N) is 1. The van der Waals surface area contributed by atoms with Gasteiger partial charge in [0.15, 0.2) is 0 Å². The Hall–Kier alpha value is -1.07. The predicted molar refractivity (Wildman–Crippen MR) is 82.9 cm³/mol. The quantitative estimate of drug-likeness (QED) is 0.667. The van der Waals surface area contributed by atoms with Gasteiger partial charge in [-0.05, 0) is 38.6 Å². The molecule has 0 aromatic carbocycles. The highest BCUT2D eigenvalue weighted by Gasteiger charge is 2.23. The van der Waals surface area contributed by atoms with Crippen LogP contribution in [0.1, 0.15) is 25.7 Å². The van der Waals surface area contributed by atoms with Gasteiger partial charge in [0.2, 0.25) is 5.91 Å². The van der Waals surface area contributed by atoms with Gasteiger partial charge < -0.3 is 5.32 Å². The molecule has 1 aliphatic heterocycles.